The minimum Gasteiger partial charge on any atom is -0.325 e. The van der Waals surface area contributed by atoms with E-state index in [0.29, 0.717) is 0 Å². The molecule has 0 amide bonds. The van der Waals surface area contributed by atoms with Crippen LogP contribution in [0.5, 0.6) is 0 Å². The first kappa shape index (κ1) is 8.52. The van der Waals surface area contributed by atoms with Crippen LogP contribution in [0.3, 0.4) is 0 Å². The fourth-order valence-corrected chi connectivity index (χ4v) is 2.31. The van der Waals surface area contributed by atoms with Crippen molar-refractivity contribution in [3.8, 4) is 0 Å². The monoisotopic (exact) mass is 168 g/mol. The van der Waals surface area contributed by atoms with Crippen LogP contribution in [-0.2, 0) is 0 Å². The molecule has 2 nitrogen and oxygen atoms in total. The van der Waals surface area contributed by atoms with Gasteiger partial charge in [-0.2, -0.15) is 0 Å². The predicted octanol–water partition coefficient (Wildman–Crippen LogP) is 1.21. The van der Waals surface area contributed by atoms with Gasteiger partial charge in [0.1, 0.15) is 0 Å². The van der Waals surface area contributed by atoms with Gasteiger partial charge >= 0.3 is 0 Å². The van der Waals surface area contributed by atoms with Crippen molar-refractivity contribution >= 4 is 0 Å². The molecule has 2 fully saturated rings. The Kier molecular flexibility index (Phi) is 2.13. The first-order chi connectivity index (χ1) is 5.72. The SMILES string of the molecule is CCN1CCC(CC2(N)CC2)C1. The molecular weight excluding hydrogens is 148 g/mol. The number of likely N-dealkylation sites (tertiary alicyclic amines) is 1. The standard InChI is InChI=1S/C10H20N2/c1-2-12-6-3-9(8-12)7-10(11)4-5-10/h9H,2-8,11H2,1H3. The molecule has 1 aliphatic heterocycles. The van der Waals surface area contributed by atoms with Gasteiger partial charge in [-0.3, -0.25) is 0 Å². The molecule has 2 aliphatic rings. The topological polar surface area (TPSA) is 29.3 Å². The zero-order chi connectivity index (χ0) is 8.60. The van der Waals surface area contributed by atoms with Crippen LogP contribution < -0.4 is 5.73 Å². The van der Waals surface area contributed by atoms with E-state index in [4.69, 9.17) is 5.73 Å². The fourth-order valence-electron chi connectivity index (χ4n) is 2.31. The largest absolute Gasteiger partial charge is 0.325 e. The lowest BCUT2D eigenvalue weighted by molar-refractivity contribution is 0.330. The second kappa shape index (κ2) is 3.00. The third-order valence-corrected chi connectivity index (χ3v) is 3.40. The molecule has 0 aromatic carbocycles. The second-order valence-electron chi connectivity index (χ2n) is 4.61. The number of rotatable bonds is 3. The summed E-state index contributed by atoms with van der Waals surface area (Å²) < 4.78 is 0. The van der Waals surface area contributed by atoms with E-state index < -0.39 is 0 Å². The number of hydrogen-bond donors (Lipinski definition) is 1. The Hall–Kier alpha value is -0.0800. The first-order valence-corrected chi connectivity index (χ1v) is 5.23. The predicted molar refractivity (Wildman–Crippen MR) is 51.0 cm³/mol. The van der Waals surface area contributed by atoms with Crippen molar-refractivity contribution in [3.63, 3.8) is 0 Å². The summed E-state index contributed by atoms with van der Waals surface area (Å²) in [6.45, 7) is 6.07. The van der Waals surface area contributed by atoms with Crippen LogP contribution >= 0.6 is 0 Å². The second-order valence-corrected chi connectivity index (χ2v) is 4.61. The highest BCUT2D eigenvalue weighted by molar-refractivity contribution is 5.00. The molecule has 1 atom stereocenters. The molecule has 12 heavy (non-hydrogen) atoms. The van der Waals surface area contributed by atoms with Crippen molar-refractivity contribution in [1.82, 2.24) is 4.90 Å². The molecule has 2 N–H and O–H groups in total. The van der Waals surface area contributed by atoms with E-state index in [1.54, 1.807) is 0 Å². The van der Waals surface area contributed by atoms with Gasteiger partial charge in [0, 0.05) is 12.1 Å². The Labute approximate surface area is 75.1 Å². The Balaban J connectivity index is 1.76. The van der Waals surface area contributed by atoms with Crippen molar-refractivity contribution in [1.29, 1.82) is 0 Å². The summed E-state index contributed by atoms with van der Waals surface area (Å²) in [5, 5.41) is 0. The third kappa shape index (κ3) is 1.80. The lowest BCUT2D eigenvalue weighted by Gasteiger charge is -2.16. The Bertz CT molecular complexity index is 163. The molecule has 1 saturated heterocycles. The van der Waals surface area contributed by atoms with Gasteiger partial charge in [-0.05, 0) is 44.7 Å². The summed E-state index contributed by atoms with van der Waals surface area (Å²) in [6.07, 6.45) is 5.21. The summed E-state index contributed by atoms with van der Waals surface area (Å²) in [6, 6.07) is 0. The van der Waals surface area contributed by atoms with Crippen LogP contribution in [0.1, 0.15) is 32.6 Å². The van der Waals surface area contributed by atoms with E-state index in [1.165, 1.54) is 45.3 Å². The van der Waals surface area contributed by atoms with Crippen molar-refractivity contribution in [2.24, 2.45) is 11.7 Å². The number of hydrogen-bond acceptors (Lipinski definition) is 2. The van der Waals surface area contributed by atoms with Gasteiger partial charge in [-0.1, -0.05) is 6.92 Å². The minimum absolute atomic E-state index is 0.272. The number of nitrogens with two attached hydrogens (primary N) is 1. The smallest absolute Gasteiger partial charge is 0.0158 e. The number of nitrogens with zero attached hydrogens (tertiary/aromatic N) is 1. The molecule has 2 rings (SSSR count). The van der Waals surface area contributed by atoms with E-state index in [9.17, 15) is 0 Å². The van der Waals surface area contributed by atoms with Gasteiger partial charge in [0.05, 0.1) is 0 Å². The van der Waals surface area contributed by atoms with Crippen molar-refractivity contribution in [3.05, 3.63) is 0 Å². The maximum Gasteiger partial charge on any atom is 0.0158 e. The van der Waals surface area contributed by atoms with Crippen LogP contribution in [0.15, 0.2) is 0 Å². The van der Waals surface area contributed by atoms with Gasteiger partial charge in [0.25, 0.3) is 0 Å². The molecule has 1 unspecified atom stereocenters. The molecule has 1 aliphatic carbocycles. The Morgan fingerprint density at radius 1 is 1.50 bits per heavy atom. The highest BCUT2D eigenvalue weighted by atomic mass is 15.1. The molecule has 0 bridgehead atoms. The van der Waals surface area contributed by atoms with Gasteiger partial charge in [-0.25, -0.2) is 0 Å². The summed E-state index contributed by atoms with van der Waals surface area (Å²) in [7, 11) is 0. The Morgan fingerprint density at radius 2 is 2.25 bits per heavy atom. The highest BCUT2D eigenvalue weighted by Gasteiger charge is 2.41. The van der Waals surface area contributed by atoms with E-state index >= 15 is 0 Å². The van der Waals surface area contributed by atoms with Crippen molar-refractivity contribution < 1.29 is 0 Å². The molecule has 0 radical (unpaired) electrons. The summed E-state index contributed by atoms with van der Waals surface area (Å²) in [4.78, 5) is 2.54. The lowest BCUT2D eigenvalue weighted by atomic mass is 9.98. The summed E-state index contributed by atoms with van der Waals surface area (Å²) in [5.74, 6) is 0.900. The molecule has 70 valence electrons. The average Bonchev–Trinajstić information content (AvgIpc) is 2.63. The summed E-state index contributed by atoms with van der Waals surface area (Å²) >= 11 is 0. The van der Waals surface area contributed by atoms with Crippen LogP contribution in [0.4, 0.5) is 0 Å². The quantitative estimate of drug-likeness (QED) is 0.686. The molecule has 1 saturated carbocycles. The lowest BCUT2D eigenvalue weighted by Crippen LogP contribution is -2.27. The highest BCUT2D eigenvalue weighted by Crippen LogP contribution is 2.40. The van der Waals surface area contributed by atoms with Crippen LogP contribution in [0, 0.1) is 5.92 Å². The summed E-state index contributed by atoms with van der Waals surface area (Å²) in [5.41, 5.74) is 6.37. The zero-order valence-electron chi connectivity index (χ0n) is 8.05. The van der Waals surface area contributed by atoms with Gasteiger partial charge < -0.3 is 10.6 Å². The molecule has 0 spiro atoms. The van der Waals surface area contributed by atoms with Crippen molar-refractivity contribution in [2.75, 3.05) is 19.6 Å². The Morgan fingerprint density at radius 3 is 2.75 bits per heavy atom. The maximum absolute atomic E-state index is 6.09. The molecule has 1 heterocycles. The molecule has 0 aromatic rings. The van der Waals surface area contributed by atoms with Crippen LogP contribution in [-0.4, -0.2) is 30.1 Å². The van der Waals surface area contributed by atoms with Crippen molar-refractivity contribution in [2.45, 2.75) is 38.1 Å². The molecular formula is C10H20N2. The minimum atomic E-state index is 0.272. The fraction of sp³-hybridized carbons (Fsp3) is 1.00. The average molecular weight is 168 g/mol. The van der Waals surface area contributed by atoms with E-state index in [-0.39, 0.29) is 5.54 Å². The van der Waals surface area contributed by atoms with Gasteiger partial charge in [0.15, 0.2) is 0 Å². The van der Waals surface area contributed by atoms with Gasteiger partial charge in [-0.15, -0.1) is 0 Å². The third-order valence-electron chi connectivity index (χ3n) is 3.40. The first-order valence-electron chi connectivity index (χ1n) is 5.23. The zero-order valence-corrected chi connectivity index (χ0v) is 8.05. The van der Waals surface area contributed by atoms with E-state index in [1.807, 2.05) is 0 Å². The van der Waals surface area contributed by atoms with Gasteiger partial charge in [0.2, 0.25) is 0 Å². The normalized spacial score (nSPS) is 34.0. The molecule has 0 aromatic heterocycles. The molecule has 2 heteroatoms. The van der Waals surface area contributed by atoms with Crippen LogP contribution in [0.2, 0.25) is 0 Å². The van der Waals surface area contributed by atoms with E-state index in [2.05, 4.69) is 11.8 Å². The van der Waals surface area contributed by atoms with Crippen LogP contribution in [0.25, 0.3) is 0 Å². The van der Waals surface area contributed by atoms with E-state index in [0.717, 1.165) is 5.92 Å². The maximum atomic E-state index is 6.09.